The molecule has 6 nitrogen and oxygen atoms in total. The van der Waals surface area contributed by atoms with Crippen molar-refractivity contribution < 1.29 is 24.2 Å². The lowest BCUT2D eigenvalue weighted by molar-refractivity contribution is -0.137. The van der Waals surface area contributed by atoms with Gasteiger partial charge in [0.15, 0.2) is 11.6 Å². The highest BCUT2D eigenvalue weighted by atomic mass is 79.9. The minimum Gasteiger partial charge on any atom is -0.493 e. The van der Waals surface area contributed by atoms with Crippen LogP contribution in [0.1, 0.15) is 69.8 Å². The van der Waals surface area contributed by atoms with Crippen LogP contribution in [0.15, 0.2) is 45.2 Å². The van der Waals surface area contributed by atoms with Gasteiger partial charge < -0.3 is 14.7 Å². The summed E-state index contributed by atoms with van der Waals surface area (Å²) >= 11 is 3.56. The van der Waals surface area contributed by atoms with Crippen molar-refractivity contribution in [1.29, 1.82) is 0 Å². The Morgan fingerprint density at radius 2 is 1.72 bits per heavy atom. The predicted molar refractivity (Wildman–Crippen MR) is 123 cm³/mol. The Labute approximate surface area is 196 Å². The second kappa shape index (κ2) is 9.61. The van der Waals surface area contributed by atoms with E-state index >= 15 is 0 Å². The Morgan fingerprint density at radius 3 is 2.28 bits per heavy atom. The SMILES string of the molecule is CCCOc1ccc(Br)cc1C1C2=C(CCCC2=O)N(CCC(=O)O)C2=C1C(=O)CCC2. The summed E-state index contributed by atoms with van der Waals surface area (Å²) in [6.45, 7) is 2.86. The third-order valence-electron chi connectivity index (χ3n) is 6.38. The van der Waals surface area contributed by atoms with Crippen LogP contribution < -0.4 is 4.74 Å². The van der Waals surface area contributed by atoms with Crippen molar-refractivity contribution in [1.82, 2.24) is 4.90 Å². The Morgan fingerprint density at radius 1 is 1.09 bits per heavy atom. The van der Waals surface area contributed by atoms with Gasteiger partial charge in [0, 0.05) is 57.9 Å². The van der Waals surface area contributed by atoms with E-state index in [4.69, 9.17) is 4.74 Å². The molecule has 0 saturated heterocycles. The second-order valence-electron chi connectivity index (χ2n) is 8.53. The van der Waals surface area contributed by atoms with Gasteiger partial charge in [0.25, 0.3) is 0 Å². The van der Waals surface area contributed by atoms with E-state index in [2.05, 4.69) is 15.9 Å². The van der Waals surface area contributed by atoms with Crippen molar-refractivity contribution in [3.8, 4) is 5.75 Å². The maximum absolute atomic E-state index is 13.3. The fourth-order valence-corrected chi connectivity index (χ4v) is 5.47. The van der Waals surface area contributed by atoms with Gasteiger partial charge in [-0.05, 0) is 50.3 Å². The zero-order chi connectivity index (χ0) is 22.8. The summed E-state index contributed by atoms with van der Waals surface area (Å²) in [6, 6.07) is 5.76. The van der Waals surface area contributed by atoms with Crippen LogP contribution in [0.25, 0.3) is 0 Å². The highest BCUT2D eigenvalue weighted by Gasteiger charge is 2.44. The molecule has 0 unspecified atom stereocenters. The molecule has 32 heavy (non-hydrogen) atoms. The number of allylic oxidation sites excluding steroid dienone is 4. The Kier molecular flexibility index (Phi) is 6.84. The normalized spacial score (nSPS) is 19.2. The molecule has 170 valence electrons. The van der Waals surface area contributed by atoms with Crippen LogP contribution in [0, 0.1) is 0 Å². The number of carbonyl (C=O) groups excluding carboxylic acids is 2. The molecular formula is C25H28BrNO5. The number of Topliss-reactive ketones (excluding diaryl/α,β-unsaturated/α-hetero) is 2. The quantitative estimate of drug-likeness (QED) is 0.557. The number of halogens is 1. The number of carboxylic acids is 1. The van der Waals surface area contributed by atoms with Crippen molar-refractivity contribution in [2.75, 3.05) is 13.2 Å². The van der Waals surface area contributed by atoms with Crippen LogP contribution in [-0.4, -0.2) is 40.7 Å². The summed E-state index contributed by atoms with van der Waals surface area (Å²) in [7, 11) is 0. The maximum atomic E-state index is 13.3. The molecule has 0 spiro atoms. The number of nitrogens with zero attached hydrogens (tertiary/aromatic N) is 1. The lowest BCUT2D eigenvalue weighted by atomic mass is 9.70. The van der Waals surface area contributed by atoms with Crippen molar-refractivity contribution >= 4 is 33.5 Å². The standard InChI is InChI=1S/C25H28BrNO5/c1-2-13-32-21-10-9-15(26)14-16(21)23-24-17(5-3-7-19(24)28)27(12-11-22(30)31)18-6-4-8-20(29)25(18)23/h9-10,14,23H,2-8,11-13H2,1H3,(H,30,31). The van der Waals surface area contributed by atoms with Crippen LogP contribution in [0.2, 0.25) is 0 Å². The molecule has 0 fully saturated rings. The van der Waals surface area contributed by atoms with Crippen LogP contribution >= 0.6 is 15.9 Å². The van der Waals surface area contributed by atoms with E-state index in [1.54, 1.807) is 0 Å². The zero-order valence-corrected chi connectivity index (χ0v) is 19.9. The van der Waals surface area contributed by atoms with Gasteiger partial charge in [0.2, 0.25) is 0 Å². The van der Waals surface area contributed by atoms with Gasteiger partial charge in [-0.1, -0.05) is 22.9 Å². The lowest BCUT2D eigenvalue weighted by Crippen LogP contribution is -2.40. The summed E-state index contributed by atoms with van der Waals surface area (Å²) in [5.74, 6) is -0.575. The molecule has 7 heteroatoms. The molecule has 0 amide bonds. The van der Waals surface area contributed by atoms with E-state index in [9.17, 15) is 19.5 Å². The van der Waals surface area contributed by atoms with E-state index < -0.39 is 11.9 Å². The average Bonchev–Trinajstić information content (AvgIpc) is 2.76. The Hall–Kier alpha value is -2.41. The fraction of sp³-hybridized carbons (Fsp3) is 0.480. The third-order valence-corrected chi connectivity index (χ3v) is 6.87. The zero-order valence-electron chi connectivity index (χ0n) is 18.3. The molecule has 0 bridgehead atoms. The average molecular weight is 502 g/mol. The number of carbonyl (C=O) groups is 3. The minimum absolute atomic E-state index is 0.0393. The van der Waals surface area contributed by atoms with Crippen LogP contribution in [-0.2, 0) is 14.4 Å². The minimum atomic E-state index is -0.886. The molecule has 1 N–H and O–H groups in total. The summed E-state index contributed by atoms with van der Waals surface area (Å²) in [5.41, 5.74) is 3.91. The first-order valence-corrected chi connectivity index (χ1v) is 12.2. The number of benzene rings is 1. The molecule has 1 aromatic carbocycles. The molecule has 0 radical (unpaired) electrons. The molecule has 2 aliphatic carbocycles. The van der Waals surface area contributed by atoms with Gasteiger partial charge in [-0.2, -0.15) is 0 Å². The van der Waals surface area contributed by atoms with Crippen molar-refractivity contribution in [2.24, 2.45) is 0 Å². The van der Waals surface area contributed by atoms with Crippen LogP contribution in [0.4, 0.5) is 0 Å². The smallest absolute Gasteiger partial charge is 0.305 e. The number of carboxylic acid groups (broad SMARTS) is 1. The van der Waals surface area contributed by atoms with Gasteiger partial charge in [-0.15, -0.1) is 0 Å². The van der Waals surface area contributed by atoms with E-state index in [0.717, 1.165) is 40.7 Å². The number of hydrogen-bond donors (Lipinski definition) is 1. The fourth-order valence-electron chi connectivity index (χ4n) is 5.09. The Bertz CT molecular complexity index is 981. The maximum Gasteiger partial charge on any atom is 0.305 e. The van der Waals surface area contributed by atoms with Crippen LogP contribution in [0.3, 0.4) is 0 Å². The summed E-state index contributed by atoms with van der Waals surface area (Å²) in [6.07, 6.45) is 4.59. The molecule has 0 atom stereocenters. The van der Waals surface area contributed by atoms with E-state index in [-0.39, 0.29) is 24.5 Å². The molecule has 1 aromatic rings. The Balaban J connectivity index is 1.93. The van der Waals surface area contributed by atoms with E-state index in [0.29, 0.717) is 49.2 Å². The highest BCUT2D eigenvalue weighted by molar-refractivity contribution is 9.10. The van der Waals surface area contributed by atoms with E-state index in [1.807, 2.05) is 30.0 Å². The van der Waals surface area contributed by atoms with Crippen molar-refractivity contribution in [3.63, 3.8) is 0 Å². The van der Waals surface area contributed by atoms with Crippen LogP contribution in [0.5, 0.6) is 5.75 Å². The van der Waals surface area contributed by atoms with Gasteiger partial charge in [-0.25, -0.2) is 0 Å². The molecular weight excluding hydrogens is 474 g/mol. The van der Waals surface area contributed by atoms with Gasteiger partial charge in [-0.3, -0.25) is 14.4 Å². The number of aliphatic carboxylic acids is 1. The molecule has 0 saturated carbocycles. The first-order valence-electron chi connectivity index (χ1n) is 11.4. The van der Waals surface area contributed by atoms with Gasteiger partial charge >= 0.3 is 5.97 Å². The first-order chi connectivity index (χ1) is 15.4. The first kappa shape index (κ1) is 22.8. The van der Waals surface area contributed by atoms with Crippen molar-refractivity contribution in [2.45, 2.75) is 64.2 Å². The van der Waals surface area contributed by atoms with Gasteiger partial charge in [0.1, 0.15) is 5.75 Å². The van der Waals surface area contributed by atoms with E-state index in [1.165, 1.54) is 0 Å². The summed E-state index contributed by atoms with van der Waals surface area (Å²) in [4.78, 5) is 39.9. The number of rotatable bonds is 7. The molecule has 1 heterocycles. The largest absolute Gasteiger partial charge is 0.493 e. The monoisotopic (exact) mass is 501 g/mol. The molecule has 1 aliphatic heterocycles. The topological polar surface area (TPSA) is 83.9 Å². The van der Waals surface area contributed by atoms with Gasteiger partial charge in [0.05, 0.1) is 13.0 Å². The highest BCUT2D eigenvalue weighted by Crippen LogP contribution is 2.51. The third kappa shape index (κ3) is 4.27. The molecule has 3 aliphatic rings. The lowest BCUT2D eigenvalue weighted by Gasteiger charge is -2.44. The second-order valence-corrected chi connectivity index (χ2v) is 9.45. The number of hydrogen-bond acceptors (Lipinski definition) is 5. The summed E-state index contributed by atoms with van der Waals surface area (Å²) in [5, 5.41) is 9.31. The predicted octanol–water partition coefficient (Wildman–Crippen LogP) is 5.13. The number of ether oxygens (including phenoxy) is 1. The molecule has 4 rings (SSSR count). The summed E-state index contributed by atoms with van der Waals surface area (Å²) < 4.78 is 6.91. The number of ketones is 2. The molecule has 0 aromatic heterocycles. The van der Waals surface area contributed by atoms with Crippen molar-refractivity contribution in [3.05, 3.63) is 50.8 Å².